The molecule has 0 spiro atoms. The van der Waals surface area contributed by atoms with E-state index >= 15 is 0 Å². The number of benzene rings is 1. The first-order chi connectivity index (χ1) is 6.11. The summed E-state index contributed by atoms with van der Waals surface area (Å²) in [5.41, 5.74) is 1.96. The lowest BCUT2D eigenvalue weighted by atomic mass is 10.1. The Hall–Kier alpha value is -1.09. The molecule has 0 fully saturated rings. The van der Waals surface area contributed by atoms with Crippen molar-refractivity contribution in [1.82, 2.24) is 0 Å². The fraction of sp³-hybridized carbons (Fsp3) is 0.100. The second kappa shape index (κ2) is 4.23. The summed E-state index contributed by atoms with van der Waals surface area (Å²) in [6, 6.07) is 7.60. The van der Waals surface area contributed by atoms with Crippen LogP contribution in [0.25, 0.3) is 4.48 Å². The fourth-order valence-corrected chi connectivity index (χ4v) is 1.67. The third-order valence-electron chi connectivity index (χ3n) is 1.65. The van der Waals surface area contributed by atoms with Gasteiger partial charge in [0.25, 0.3) is 0 Å². The zero-order chi connectivity index (χ0) is 9.84. The molecule has 0 heterocycles. The van der Waals surface area contributed by atoms with E-state index in [0.717, 1.165) is 17.2 Å². The van der Waals surface area contributed by atoms with Crippen molar-refractivity contribution < 1.29 is 9.90 Å². The van der Waals surface area contributed by atoms with E-state index in [2.05, 4.69) is 15.9 Å². The van der Waals surface area contributed by atoms with Crippen LogP contribution in [-0.4, -0.2) is 11.1 Å². The second-order valence-corrected chi connectivity index (χ2v) is 3.50. The molecule has 0 atom stereocenters. The molecule has 68 valence electrons. The summed E-state index contributed by atoms with van der Waals surface area (Å²) >= 11 is 3.22. The van der Waals surface area contributed by atoms with Crippen molar-refractivity contribution in [3.05, 3.63) is 41.5 Å². The number of carboxylic acid groups (broad SMARTS) is 1. The summed E-state index contributed by atoms with van der Waals surface area (Å²) in [5, 5.41) is 8.53. The van der Waals surface area contributed by atoms with Crippen LogP contribution in [0.5, 0.6) is 0 Å². The number of aryl methyl sites for hydroxylation is 1. The first-order valence-electron chi connectivity index (χ1n) is 3.77. The molecule has 1 aromatic rings. The number of carbonyl (C=O) groups is 1. The molecule has 3 heteroatoms. The minimum Gasteiger partial charge on any atom is -0.478 e. The normalized spacial score (nSPS) is 11.4. The summed E-state index contributed by atoms with van der Waals surface area (Å²) in [4.78, 5) is 10.4. The zero-order valence-corrected chi connectivity index (χ0v) is 8.71. The Kier molecular flexibility index (Phi) is 3.25. The van der Waals surface area contributed by atoms with Crippen molar-refractivity contribution in [1.29, 1.82) is 0 Å². The number of aliphatic carboxylic acids is 1. The van der Waals surface area contributed by atoms with Gasteiger partial charge in [0, 0.05) is 10.6 Å². The van der Waals surface area contributed by atoms with Gasteiger partial charge >= 0.3 is 5.97 Å². The van der Waals surface area contributed by atoms with Gasteiger partial charge in [0.2, 0.25) is 0 Å². The van der Waals surface area contributed by atoms with Crippen molar-refractivity contribution in [3.8, 4) is 0 Å². The maximum absolute atomic E-state index is 10.4. The molecule has 0 unspecified atom stereocenters. The standard InChI is InChI=1S/C10H9BrO2/c1-7-4-2-3-5-8(7)9(11)6-10(12)13/h2-6H,1H3,(H,12,13). The van der Waals surface area contributed by atoms with Crippen molar-refractivity contribution in [3.63, 3.8) is 0 Å². The Morgan fingerprint density at radius 3 is 2.62 bits per heavy atom. The molecule has 0 radical (unpaired) electrons. The zero-order valence-electron chi connectivity index (χ0n) is 7.12. The highest BCUT2D eigenvalue weighted by molar-refractivity contribution is 9.15. The highest BCUT2D eigenvalue weighted by atomic mass is 79.9. The Balaban J connectivity index is 3.08. The minimum atomic E-state index is -0.949. The summed E-state index contributed by atoms with van der Waals surface area (Å²) < 4.78 is 0.595. The molecule has 0 aromatic heterocycles. The van der Waals surface area contributed by atoms with Gasteiger partial charge in [-0.1, -0.05) is 24.3 Å². The van der Waals surface area contributed by atoms with E-state index in [1.807, 2.05) is 31.2 Å². The Bertz CT molecular complexity index is 356. The highest BCUT2D eigenvalue weighted by Crippen LogP contribution is 2.23. The van der Waals surface area contributed by atoms with Crippen LogP contribution in [-0.2, 0) is 4.79 Å². The van der Waals surface area contributed by atoms with Crippen molar-refractivity contribution in [2.75, 3.05) is 0 Å². The molecular weight excluding hydrogens is 232 g/mol. The molecule has 1 rings (SSSR count). The van der Waals surface area contributed by atoms with Crippen LogP contribution in [0.4, 0.5) is 0 Å². The lowest BCUT2D eigenvalue weighted by molar-refractivity contribution is -0.131. The van der Waals surface area contributed by atoms with Crippen LogP contribution in [0.3, 0.4) is 0 Å². The van der Waals surface area contributed by atoms with E-state index in [4.69, 9.17) is 5.11 Å². The Labute approximate surface area is 85.0 Å². The largest absolute Gasteiger partial charge is 0.478 e. The van der Waals surface area contributed by atoms with E-state index in [-0.39, 0.29) is 0 Å². The molecule has 0 bridgehead atoms. The summed E-state index contributed by atoms with van der Waals surface area (Å²) in [6.07, 6.45) is 1.14. The molecule has 0 amide bonds. The van der Waals surface area contributed by atoms with Gasteiger partial charge in [0.1, 0.15) is 0 Å². The van der Waals surface area contributed by atoms with Crippen LogP contribution in [0.15, 0.2) is 30.3 Å². The molecule has 0 aliphatic heterocycles. The Morgan fingerprint density at radius 1 is 1.46 bits per heavy atom. The first kappa shape index (κ1) is 9.99. The molecule has 13 heavy (non-hydrogen) atoms. The van der Waals surface area contributed by atoms with E-state index < -0.39 is 5.97 Å². The molecule has 0 aliphatic rings. The van der Waals surface area contributed by atoms with E-state index in [9.17, 15) is 4.79 Å². The van der Waals surface area contributed by atoms with Gasteiger partial charge in [-0.15, -0.1) is 0 Å². The van der Waals surface area contributed by atoms with Crippen LogP contribution >= 0.6 is 15.9 Å². The van der Waals surface area contributed by atoms with Gasteiger partial charge in [0.05, 0.1) is 0 Å². The first-order valence-corrected chi connectivity index (χ1v) is 4.56. The van der Waals surface area contributed by atoms with Crippen molar-refractivity contribution in [2.24, 2.45) is 0 Å². The summed E-state index contributed by atoms with van der Waals surface area (Å²) in [5.74, 6) is -0.949. The molecule has 0 aliphatic carbocycles. The van der Waals surface area contributed by atoms with Crippen LogP contribution in [0, 0.1) is 6.92 Å². The number of rotatable bonds is 2. The van der Waals surface area contributed by atoms with Crippen molar-refractivity contribution in [2.45, 2.75) is 6.92 Å². The lowest BCUT2D eigenvalue weighted by Crippen LogP contribution is -1.90. The summed E-state index contributed by atoms with van der Waals surface area (Å²) in [6.45, 7) is 1.94. The van der Waals surface area contributed by atoms with Gasteiger partial charge in [0.15, 0.2) is 0 Å². The number of hydrogen-bond donors (Lipinski definition) is 1. The van der Waals surface area contributed by atoms with Crippen LogP contribution < -0.4 is 0 Å². The van der Waals surface area contributed by atoms with E-state index in [1.54, 1.807) is 0 Å². The van der Waals surface area contributed by atoms with Gasteiger partial charge in [-0.3, -0.25) is 0 Å². The van der Waals surface area contributed by atoms with Crippen LogP contribution in [0.2, 0.25) is 0 Å². The topological polar surface area (TPSA) is 37.3 Å². The lowest BCUT2D eigenvalue weighted by Gasteiger charge is -2.02. The molecular formula is C10H9BrO2. The van der Waals surface area contributed by atoms with Gasteiger partial charge < -0.3 is 5.11 Å². The average molecular weight is 241 g/mol. The third-order valence-corrected chi connectivity index (χ3v) is 2.31. The quantitative estimate of drug-likeness (QED) is 0.808. The van der Waals surface area contributed by atoms with E-state index in [0.29, 0.717) is 4.48 Å². The second-order valence-electron chi connectivity index (χ2n) is 2.65. The average Bonchev–Trinajstić information content (AvgIpc) is 2.03. The highest BCUT2D eigenvalue weighted by Gasteiger charge is 2.02. The van der Waals surface area contributed by atoms with Crippen LogP contribution in [0.1, 0.15) is 11.1 Å². The number of carboxylic acids is 1. The van der Waals surface area contributed by atoms with Gasteiger partial charge in [-0.25, -0.2) is 4.79 Å². The molecule has 2 nitrogen and oxygen atoms in total. The predicted molar refractivity (Wildman–Crippen MR) is 55.7 cm³/mol. The van der Waals surface area contributed by atoms with Gasteiger partial charge in [-0.05, 0) is 34.0 Å². The number of hydrogen-bond acceptors (Lipinski definition) is 1. The molecule has 1 N–H and O–H groups in total. The third kappa shape index (κ3) is 2.70. The number of halogens is 1. The Morgan fingerprint density at radius 2 is 2.08 bits per heavy atom. The van der Waals surface area contributed by atoms with E-state index in [1.165, 1.54) is 0 Å². The maximum Gasteiger partial charge on any atom is 0.329 e. The molecule has 0 saturated heterocycles. The predicted octanol–water partition coefficient (Wildman–Crippen LogP) is 2.82. The molecule has 1 aromatic carbocycles. The fourth-order valence-electron chi connectivity index (χ4n) is 1.03. The SMILES string of the molecule is Cc1ccccc1C(Br)=CC(=O)O. The smallest absolute Gasteiger partial charge is 0.329 e. The van der Waals surface area contributed by atoms with Crippen molar-refractivity contribution >= 4 is 26.4 Å². The monoisotopic (exact) mass is 240 g/mol. The maximum atomic E-state index is 10.4. The summed E-state index contributed by atoms with van der Waals surface area (Å²) in [7, 11) is 0. The molecule has 0 saturated carbocycles. The minimum absolute atomic E-state index is 0.595. The van der Waals surface area contributed by atoms with Gasteiger partial charge in [-0.2, -0.15) is 0 Å².